The van der Waals surface area contributed by atoms with E-state index >= 15 is 0 Å². The Morgan fingerprint density at radius 1 is 1.50 bits per heavy atom. The van der Waals surface area contributed by atoms with E-state index in [9.17, 15) is 5.11 Å². The van der Waals surface area contributed by atoms with Gasteiger partial charge < -0.3 is 5.11 Å². The summed E-state index contributed by atoms with van der Waals surface area (Å²) in [6.07, 6.45) is 4.88. The topological polar surface area (TPSA) is 20.2 Å². The molecule has 0 aromatic heterocycles. The Hall–Kier alpha value is -0.780. The van der Waals surface area contributed by atoms with Gasteiger partial charge in [0, 0.05) is 10.9 Å². The van der Waals surface area contributed by atoms with Crippen LogP contribution in [0.25, 0.3) is 0 Å². The fraction of sp³-hybridized carbons (Fsp3) is 0.200. The van der Waals surface area contributed by atoms with Crippen molar-refractivity contribution in [2.24, 2.45) is 0 Å². The summed E-state index contributed by atoms with van der Waals surface area (Å²) >= 11 is 3.34. The van der Waals surface area contributed by atoms with E-state index in [4.69, 9.17) is 6.42 Å². The van der Waals surface area contributed by atoms with Crippen molar-refractivity contribution < 1.29 is 5.11 Å². The Bertz CT molecular complexity index is 301. The lowest BCUT2D eigenvalue weighted by atomic mass is 10.1. The minimum atomic E-state index is -0.564. The molecule has 0 fully saturated rings. The Morgan fingerprint density at radius 2 is 2.17 bits per heavy atom. The largest absolute Gasteiger partial charge is 0.387 e. The predicted molar refractivity (Wildman–Crippen MR) is 52.6 cm³/mol. The zero-order chi connectivity index (χ0) is 8.97. The highest BCUT2D eigenvalue weighted by atomic mass is 79.9. The van der Waals surface area contributed by atoms with E-state index in [2.05, 4.69) is 21.9 Å². The first-order chi connectivity index (χ1) is 5.75. The molecule has 1 atom stereocenters. The Labute approximate surface area is 80.6 Å². The van der Waals surface area contributed by atoms with Gasteiger partial charge in [0.05, 0.1) is 6.10 Å². The van der Waals surface area contributed by atoms with Gasteiger partial charge in [-0.25, -0.2) is 0 Å². The van der Waals surface area contributed by atoms with Crippen LogP contribution in [0.1, 0.15) is 18.1 Å². The van der Waals surface area contributed by atoms with E-state index in [0.29, 0.717) is 6.42 Å². The highest BCUT2D eigenvalue weighted by Crippen LogP contribution is 2.24. The van der Waals surface area contributed by atoms with E-state index in [0.717, 1.165) is 10.0 Å². The number of rotatable bonds is 2. The molecule has 0 spiro atoms. The molecular weight excluding hydrogens is 216 g/mol. The third kappa shape index (κ3) is 2.10. The molecule has 1 nitrogen and oxygen atoms in total. The van der Waals surface area contributed by atoms with Crippen LogP contribution >= 0.6 is 15.9 Å². The number of aliphatic hydroxyl groups is 1. The standard InChI is InChI=1S/C10H9BrO/c1-2-5-10(12)8-6-3-4-7-9(8)11/h1,3-4,6-7,10,12H,5H2/t10-/m0/s1. The summed E-state index contributed by atoms with van der Waals surface area (Å²) in [5.74, 6) is 2.42. The molecule has 0 saturated heterocycles. The maximum Gasteiger partial charge on any atom is 0.0909 e. The highest BCUT2D eigenvalue weighted by Gasteiger charge is 2.07. The fourth-order valence-electron chi connectivity index (χ4n) is 0.967. The zero-order valence-electron chi connectivity index (χ0n) is 6.50. The molecule has 1 N–H and O–H groups in total. The predicted octanol–water partition coefficient (Wildman–Crippen LogP) is 2.51. The summed E-state index contributed by atoms with van der Waals surface area (Å²) < 4.78 is 0.896. The summed E-state index contributed by atoms with van der Waals surface area (Å²) in [4.78, 5) is 0. The molecule has 1 rings (SSSR count). The molecule has 0 amide bonds. The van der Waals surface area contributed by atoms with Crippen LogP contribution in [0.4, 0.5) is 0 Å². The van der Waals surface area contributed by atoms with Crippen LogP contribution < -0.4 is 0 Å². The lowest BCUT2D eigenvalue weighted by molar-refractivity contribution is 0.183. The van der Waals surface area contributed by atoms with Crippen molar-refractivity contribution in [2.75, 3.05) is 0 Å². The van der Waals surface area contributed by atoms with Crippen molar-refractivity contribution in [3.8, 4) is 12.3 Å². The van der Waals surface area contributed by atoms with Gasteiger partial charge in [0.2, 0.25) is 0 Å². The first-order valence-corrected chi connectivity index (χ1v) is 4.41. The van der Waals surface area contributed by atoms with Crippen LogP contribution in [-0.4, -0.2) is 5.11 Å². The first-order valence-electron chi connectivity index (χ1n) is 3.61. The van der Waals surface area contributed by atoms with Gasteiger partial charge in [-0.05, 0) is 11.6 Å². The normalized spacial score (nSPS) is 12.1. The summed E-state index contributed by atoms with van der Waals surface area (Å²) in [6, 6.07) is 7.51. The monoisotopic (exact) mass is 224 g/mol. The summed E-state index contributed by atoms with van der Waals surface area (Å²) in [5.41, 5.74) is 0.843. The molecular formula is C10H9BrO. The third-order valence-electron chi connectivity index (χ3n) is 1.58. The second kappa shape index (κ2) is 4.30. The summed E-state index contributed by atoms with van der Waals surface area (Å²) in [5, 5.41) is 9.53. The van der Waals surface area contributed by atoms with Gasteiger partial charge in [-0.3, -0.25) is 0 Å². The average molecular weight is 225 g/mol. The number of aliphatic hydroxyl groups excluding tert-OH is 1. The SMILES string of the molecule is C#CC[C@H](O)c1ccccc1Br. The summed E-state index contributed by atoms with van der Waals surface area (Å²) in [6.45, 7) is 0. The van der Waals surface area contributed by atoms with E-state index < -0.39 is 6.10 Å². The van der Waals surface area contributed by atoms with Gasteiger partial charge in [0.15, 0.2) is 0 Å². The van der Waals surface area contributed by atoms with Crippen molar-refractivity contribution in [2.45, 2.75) is 12.5 Å². The van der Waals surface area contributed by atoms with Crippen LogP contribution in [0.2, 0.25) is 0 Å². The molecule has 1 aromatic rings. The minimum Gasteiger partial charge on any atom is -0.387 e. The molecule has 12 heavy (non-hydrogen) atoms. The quantitative estimate of drug-likeness (QED) is 0.766. The highest BCUT2D eigenvalue weighted by molar-refractivity contribution is 9.10. The minimum absolute atomic E-state index is 0.350. The molecule has 0 aliphatic rings. The van der Waals surface area contributed by atoms with E-state index in [1.54, 1.807) is 0 Å². The first kappa shape index (κ1) is 9.31. The van der Waals surface area contributed by atoms with Gasteiger partial charge >= 0.3 is 0 Å². The molecule has 0 aliphatic carbocycles. The second-order valence-corrected chi connectivity index (χ2v) is 3.30. The fourth-order valence-corrected chi connectivity index (χ4v) is 1.52. The Kier molecular flexibility index (Phi) is 3.33. The summed E-state index contributed by atoms with van der Waals surface area (Å²) in [7, 11) is 0. The average Bonchev–Trinajstić information content (AvgIpc) is 2.05. The number of hydrogen-bond acceptors (Lipinski definition) is 1. The van der Waals surface area contributed by atoms with Crippen molar-refractivity contribution in [3.05, 3.63) is 34.3 Å². The molecule has 1 aromatic carbocycles. The van der Waals surface area contributed by atoms with Crippen molar-refractivity contribution in [1.29, 1.82) is 0 Å². The maximum absolute atomic E-state index is 9.53. The Balaban J connectivity index is 2.88. The molecule has 0 unspecified atom stereocenters. The molecule has 0 radical (unpaired) electrons. The van der Waals surface area contributed by atoms with E-state index in [1.165, 1.54) is 0 Å². The van der Waals surface area contributed by atoms with Gasteiger partial charge in [-0.1, -0.05) is 34.1 Å². The van der Waals surface area contributed by atoms with Crippen LogP contribution in [0.15, 0.2) is 28.7 Å². The van der Waals surface area contributed by atoms with Gasteiger partial charge in [-0.2, -0.15) is 0 Å². The number of benzene rings is 1. The molecule has 0 bridgehead atoms. The van der Waals surface area contributed by atoms with Gasteiger partial charge in [-0.15, -0.1) is 12.3 Å². The lowest BCUT2D eigenvalue weighted by Crippen LogP contribution is -1.96. The molecule has 0 saturated carbocycles. The molecule has 2 heteroatoms. The molecule has 62 valence electrons. The van der Waals surface area contributed by atoms with Crippen LogP contribution in [-0.2, 0) is 0 Å². The number of hydrogen-bond donors (Lipinski definition) is 1. The third-order valence-corrected chi connectivity index (χ3v) is 2.30. The lowest BCUT2D eigenvalue weighted by Gasteiger charge is -2.08. The van der Waals surface area contributed by atoms with Crippen LogP contribution in [0.3, 0.4) is 0 Å². The van der Waals surface area contributed by atoms with E-state index in [1.807, 2.05) is 24.3 Å². The van der Waals surface area contributed by atoms with E-state index in [-0.39, 0.29) is 0 Å². The van der Waals surface area contributed by atoms with Crippen LogP contribution in [0, 0.1) is 12.3 Å². The maximum atomic E-state index is 9.53. The van der Waals surface area contributed by atoms with Crippen molar-refractivity contribution in [3.63, 3.8) is 0 Å². The molecule has 0 heterocycles. The van der Waals surface area contributed by atoms with Gasteiger partial charge in [0.1, 0.15) is 0 Å². The van der Waals surface area contributed by atoms with Crippen molar-refractivity contribution >= 4 is 15.9 Å². The Morgan fingerprint density at radius 3 is 2.75 bits per heavy atom. The second-order valence-electron chi connectivity index (χ2n) is 2.45. The molecule has 0 aliphatic heterocycles. The number of halogens is 1. The van der Waals surface area contributed by atoms with Crippen molar-refractivity contribution in [1.82, 2.24) is 0 Å². The smallest absolute Gasteiger partial charge is 0.0909 e. The van der Waals surface area contributed by atoms with Crippen LogP contribution in [0.5, 0.6) is 0 Å². The zero-order valence-corrected chi connectivity index (χ0v) is 8.08. The van der Waals surface area contributed by atoms with Gasteiger partial charge in [0.25, 0.3) is 0 Å². The number of terminal acetylenes is 1.